The van der Waals surface area contributed by atoms with E-state index in [1.165, 1.54) is 30.6 Å². The highest BCUT2D eigenvalue weighted by atomic mass is 32.2. The van der Waals surface area contributed by atoms with Crippen molar-refractivity contribution in [1.82, 2.24) is 9.55 Å². The highest BCUT2D eigenvalue weighted by Crippen LogP contribution is 2.33. The number of rotatable bonds is 6. The Kier molecular flexibility index (Phi) is 5.68. The van der Waals surface area contributed by atoms with Crippen LogP contribution in [0.5, 0.6) is 5.75 Å². The molecule has 0 aliphatic carbocycles. The molecule has 0 atom stereocenters. The summed E-state index contributed by atoms with van der Waals surface area (Å²) < 4.78 is 17.2. The van der Waals surface area contributed by atoms with Gasteiger partial charge in [0.15, 0.2) is 5.16 Å². The molecule has 29 heavy (non-hydrogen) atoms. The van der Waals surface area contributed by atoms with Crippen LogP contribution >= 0.6 is 23.5 Å². The molecule has 0 amide bonds. The van der Waals surface area contributed by atoms with E-state index in [1.54, 1.807) is 23.8 Å². The molecule has 9 heteroatoms. The number of para-hydroxylation sites is 2. The van der Waals surface area contributed by atoms with Crippen LogP contribution in [-0.2, 0) is 16.9 Å². The summed E-state index contributed by atoms with van der Waals surface area (Å²) in [7, 11) is 2.88. The summed E-state index contributed by atoms with van der Waals surface area (Å²) in [5.41, 5.74) is 1.36. The molecule has 4 rings (SSSR count). The molecule has 1 aliphatic rings. The Hall–Kier alpha value is -2.65. The van der Waals surface area contributed by atoms with Gasteiger partial charge in [-0.25, -0.2) is 9.78 Å². The number of esters is 1. The average molecular weight is 431 g/mol. The van der Waals surface area contributed by atoms with E-state index < -0.39 is 5.97 Å². The second-order valence-electron chi connectivity index (χ2n) is 6.13. The van der Waals surface area contributed by atoms with Crippen LogP contribution in [0.1, 0.15) is 22.0 Å². The number of hydrogen-bond donors (Lipinski definition) is 0. The summed E-state index contributed by atoms with van der Waals surface area (Å²) in [4.78, 5) is 30.3. The van der Waals surface area contributed by atoms with E-state index in [9.17, 15) is 9.59 Å². The third kappa shape index (κ3) is 3.79. The standard InChI is InChI=1S/C20H18N2O5S2/c1-25-15-6-4-3-5-14(15)22-18(23)17-13(9-10-28-17)21-20(22)29-11-12-7-8-16(27-12)19(24)26-2/h3-8H,9-11H2,1-2H3. The molecule has 3 aromatic rings. The second-order valence-corrected chi connectivity index (χ2v) is 8.17. The van der Waals surface area contributed by atoms with Gasteiger partial charge in [-0.3, -0.25) is 9.36 Å². The number of benzene rings is 1. The van der Waals surface area contributed by atoms with Gasteiger partial charge in [0.2, 0.25) is 5.76 Å². The monoisotopic (exact) mass is 430 g/mol. The lowest BCUT2D eigenvalue weighted by Crippen LogP contribution is -2.24. The average Bonchev–Trinajstić information content (AvgIpc) is 3.41. The van der Waals surface area contributed by atoms with E-state index in [2.05, 4.69) is 4.74 Å². The van der Waals surface area contributed by atoms with Gasteiger partial charge in [0.25, 0.3) is 5.56 Å². The molecule has 0 spiro atoms. The van der Waals surface area contributed by atoms with Crippen LogP contribution < -0.4 is 10.3 Å². The molecule has 0 unspecified atom stereocenters. The zero-order chi connectivity index (χ0) is 20.4. The second kappa shape index (κ2) is 8.38. The molecule has 0 fully saturated rings. The van der Waals surface area contributed by atoms with E-state index in [0.29, 0.717) is 33.0 Å². The first-order valence-electron chi connectivity index (χ1n) is 8.84. The molecular formula is C20H18N2O5S2. The van der Waals surface area contributed by atoms with Gasteiger partial charge in [0, 0.05) is 12.2 Å². The SMILES string of the molecule is COC(=O)c1ccc(CSc2nc3c(c(=O)n2-c2ccccc2OC)SCC3)o1. The molecule has 0 saturated carbocycles. The number of methoxy groups -OCH3 is 2. The minimum absolute atomic E-state index is 0.0980. The van der Waals surface area contributed by atoms with Crippen molar-refractivity contribution in [2.45, 2.75) is 22.2 Å². The van der Waals surface area contributed by atoms with Gasteiger partial charge >= 0.3 is 5.97 Å². The fraction of sp³-hybridized carbons (Fsp3) is 0.250. The van der Waals surface area contributed by atoms with E-state index in [0.717, 1.165) is 17.9 Å². The summed E-state index contributed by atoms with van der Waals surface area (Å²) >= 11 is 2.90. The summed E-state index contributed by atoms with van der Waals surface area (Å²) in [5, 5.41) is 0.553. The third-order valence-electron chi connectivity index (χ3n) is 4.38. The van der Waals surface area contributed by atoms with Crippen molar-refractivity contribution in [2.75, 3.05) is 20.0 Å². The predicted octanol–water partition coefficient (Wildman–Crippen LogP) is 3.56. The Morgan fingerprint density at radius 3 is 2.90 bits per heavy atom. The third-order valence-corrected chi connectivity index (χ3v) is 6.45. The summed E-state index contributed by atoms with van der Waals surface area (Å²) in [6.45, 7) is 0. The number of furan rings is 1. The Labute approximate surface area is 175 Å². The number of thioether (sulfide) groups is 2. The number of hydrogen-bond acceptors (Lipinski definition) is 8. The van der Waals surface area contributed by atoms with Crippen LogP contribution in [0.25, 0.3) is 5.69 Å². The van der Waals surface area contributed by atoms with Crippen molar-refractivity contribution in [3.63, 3.8) is 0 Å². The highest BCUT2D eigenvalue weighted by molar-refractivity contribution is 7.99. The number of carbonyl (C=O) groups is 1. The quantitative estimate of drug-likeness (QED) is 0.333. The molecule has 0 bridgehead atoms. The largest absolute Gasteiger partial charge is 0.495 e. The topological polar surface area (TPSA) is 83.6 Å². The summed E-state index contributed by atoms with van der Waals surface area (Å²) in [6.07, 6.45) is 0.767. The summed E-state index contributed by atoms with van der Waals surface area (Å²) in [5.74, 6) is 2.05. The van der Waals surface area contributed by atoms with Gasteiger partial charge in [-0.1, -0.05) is 23.9 Å². The van der Waals surface area contributed by atoms with Crippen molar-refractivity contribution < 1.29 is 18.7 Å². The Morgan fingerprint density at radius 1 is 1.28 bits per heavy atom. The molecule has 2 aromatic heterocycles. The van der Waals surface area contributed by atoms with Gasteiger partial charge in [-0.15, -0.1) is 11.8 Å². The fourth-order valence-electron chi connectivity index (χ4n) is 3.02. The maximum atomic E-state index is 13.2. The Balaban J connectivity index is 1.73. The minimum atomic E-state index is -0.528. The number of aryl methyl sites for hydroxylation is 1. The molecule has 1 aromatic carbocycles. The minimum Gasteiger partial charge on any atom is -0.495 e. The molecular weight excluding hydrogens is 412 g/mol. The predicted molar refractivity (Wildman–Crippen MR) is 110 cm³/mol. The highest BCUT2D eigenvalue weighted by Gasteiger charge is 2.24. The van der Waals surface area contributed by atoms with Crippen molar-refractivity contribution >= 4 is 29.5 Å². The van der Waals surface area contributed by atoms with Gasteiger partial charge in [-0.05, 0) is 24.3 Å². The van der Waals surface area contributed by atoms with Crippen molar-refractivity contribution in [3.8, 4) is 11.4 Å². The van der Waals surface area contributed by atoms with Crippen LogP contribution in [0, 0.1) is 0 Å². The Morgan fingerprint density at radius 2 is 2.10 bits per heavy atom. The first-order chi connectivity index (χ1) is 14.1. The lowest BCUT2D eigenvalue weighted by molar-refractivity contribution is 0.0563. The maximum Gasteiger partial charge on any atom is 0.373 e. The lowest BCUT2D eigenvalue weighted by atomic mass is 10.2. The first-order valence-corrected chi connectivity index (χ1v) is 10.8. The lowest BCUT2D eigenvalue weighted by Gasteiger charge is -2.15. The number of fused-ring (bicyclic) bond motifs is 1. The van der Waals surface area contributed by atoms with E-state index in [4.69, 9.17) is 14.1 Å². The molecule has 0 saturated heterocycles. The van der Waals surface area contributed by atoms with E-state index >= 15 is 0 Å². The number of carbonyl (C=O) groups excluding carboxylic acids is 1. The fourth-order valence-corrected chi connectivity index (χ4v) is 4.96. The molecule has 1 aliphatic heterocycles. The van der Waals surface area contributed by atoms with Crippen LogP contribution in [-0.4, -0.2) is 35.5 Å². The van der Waals surface area contributed by atoms with Crippen molar-refractivity contribution in [3.05, 3.63) is 64.0 Å². The molecule has 0 N–H and O–H groups in total. The zero-order valence-corrected chi connectivity index (χ0v) is 17.5. The van der Waals surface area contributed by atoms with Crippen molar-refractivity contribution in [2.24, 2.45) is 0 Å². The van der Waals surface area contributed by atoms with Gasteiger partial charge in [0.05, 0.1) is 36.2 Å². The molecule has 0 radical (unpaired) electrons. The smallest absolute Gasteiger partial charge is 0.373 e. The maximum absolute atomic E-state index is 13.2. The van der Waals surface area contributed by atoms with Crippen LogP contribution in [0.2, 0.25) is 0 Å². The van der Waals surface area contributed by atoms with Crippen LogP contribution in [0.3, 0.4) is 0 Å². The van der Waals surface area contributed by atoms with Gasteiger partial charge in [-0.2, -0.15) is 0 Å². The van der Waals surface area contributed by atoms with Crippen LogP contribution in [0.4, 0.5) is 0 Å². The number of nitrogens with zero attached hydrogens (tertiary/aromatic N) is 2. The van der Waals surface area contributed by atoms with E-state index in [-0.39, 0.29) is 11.3 Å². The van der Waals surface area contributed by atoms with E-state index in [1.807, 2.05) is 24.3 Å². The first kappa shape index (κ1) is 19.7. The Bertz CT molecular complexity index is 1120. The normalized spacial score (nSPS) is 12.6. The summed E-state index contributed by atoms with van der Waals surface area (Å²) in [6, 6.07) is 10.6. The number of aromatic nitrogens is 2. The van der Waals surface area contributed by atoms with Gasteiger partial charge in [0.1, 0.15) is 11.5 Å². The van der Waals surface area contributed by atoms with Crippen LogP contribution in [0.15, 0.2) is 55.7 Å². The van der Waals surface area contributed by atoms with Gasteiger partial charge < -0.3 is 13.9 Å². The zero-order valence-electron chi connectivity index (χ0n) is 15.8. The number of ether oxygens (including phenoxy) is 2. The molecule has 7 nitrogen and oxygen atoms in total. The molecule has 3 heterocycles. The molecule has 150 valence electrons. The van der Waals surface area contributed by atoms with Crippen molar-refractivity contribution in [1.29, 1.82) is 0 Å².